The summed E-state index contributed by atoms with van der Waals surface area (Å²) in [6, 6.07) is 8.00. The fourth-order valence-corrected chi connectivity index (χ4v) is 5.92. The van der Waals surface area contributed by atoms with E-state index >= 15 is 0 Å². The van der Waals surface area contributed by atoms with Crippen LogP contribution in [0.25, 0.3) is 0 Å². The van der Waals surface area contributed by atoms with Crippen molar-refractivity contribution in [3.8, 4) is 5.75 Å². The SMILES string of the molecule is [B]C12CCC(CC1)OC[C@H]1[C@@H](NS(C)(=O)=O)CCCN1CCOc1ccccc12. The average Bonchev–Trinajstić information content (AvgIpc) is 2.69. The highest BCUT2D eigenvalue weighted by atomic mass is 32.2. The molecule has 1 N–H and O–H groups in total. The van der Waals surface area contributed by atoms with Gasteiger partial charge in [-0.15, -0.1) is 0 Å². The molecule has 1 saturated heterocycles. The van der Waals surface area contributed by atoms with E-state index in [4.69, 9.17) is 17.3 Å². The van der Waals surface area contributed by atoms with Crippen molar-refractivity contribution in [2.24, 2.45) is 0 Å². The number of fused-ring (bicyclic) bond motifs is 5. The summed E-state index contributed by atoms with van der Waals surface area (Å²) in [5, 5.41) is -0.377. The third-order valence-electron chi connectivity index (χ3n) is 6.65. The minimum atomic E-state index is -3.27. The van der Waals surface area contributed by atoms with E-state index in [1.165, 1.54) is 6.26 Å². The van der Waals surface area contributed by atoms with Crippen LogP contribution in [0, 0.1) is 0 Å². The smallest absolute Gasteiger partial charge is 0.209 e. The van der Waals surface area contributed by atoms with Crippen LogP contribution in [0.5, 0.6) is 5.75 Å². The maximum Gasteiger partial charge on any atom is 0.209 e. The number of benzene rings is 1. The molecule has 2 fully saturated rings. The molecular formula is C21H31BN2O4S. The van der Waals surface area contributed by atoms with Crippen LogP contribution in [0.3, 0.4) is 0 Å². The van der Waals surface area contributed by atoms with Crippen LogP contribution in [0.4, 0.5) is 0 Å². The van der Waals surface area contributed by atoms with E-state index in [1.54, 1.807) is 0 Å². The second-order valence-corrected chi connectivity index (χ2v) is 10.6. The predicted molar refractivity (Wildman–Crippen MR) is 114 cm³/mol. The molecule has 2 radical (unpaired) electrons. The summed E-state index contributed by atoms with van der Waals surface area (Å²) in [7, 11) is 3.54. The second-order valence-electron chi connectivity index (χ2n) is 8.78. The van der Waals surface area contributed by atoms with Gasteiger partial charge >= 0.3 is 0 Å². The van der Waals surface area contributed by atoms with Gasteiger partial charge in [0.05, 0.1) is 26.8 Å². The van der Waals surface area contributed by atoms with Crippen LogP contribution < -0.4 is 9.46 Å². The minimum absolute atomic E-state index is 0.0163. The highest BCUT2D eigenvalue weighted by molar-refractivity contribution is 7.88. The largest absolute Gasteiger partial charge is 0.492 e. The third kappa shape index (κ3) is 4.98. The molecule has 1 saturated carbocycles. The molecule has 4 aliphatic rings. The van der Waals surface area contributed by atoms with Crippen LogP contribution in [-0.4, -0.2) is 71.9 Å². The number of nitrogens with zero attached hydrogens (tertiary/aromatic N) is 1. The molecule has 0 aromatic heterocycles. The van der Waals surface area contributed by atoms with Gasteiger partial charge in [0, 0.05) is 18.6 Å². The summed E-state index contributed by atoms with van der Waals surface area (Å²) >= 11 is 0. The highest BCUT2D eigenvalue weighted by Gasteiger charge is 2.37. The number of sulfonamides is 1. The molecule has 158 valence electrons. The molecule has 1 aromatic carbocycles. The molecule has 0 amide bonds. The fourth-order valence-electron chi connectivity index (χ4n) is 5.09. The van der Waals surface area contributed by atoms with Gasteiger partial charge < -0.3 is 9.47 Å². The van der Waals surface area contributed by atoms with Gasteiger partial charge in [0.2, 0.25) is 10.0 Å². The molecule has 3 aliphatic heterocycles. The van der Waals surface area contributed by atoms with Crippen LogP contribution in [0.1, 0.15) is 44.1 Å². The third-order valence-corrected chi connectivity index (χ3v) is 7.38. The van der Waals surface area contributed by atoms with E-state index in [9.17, 15) is 8.42 Å². The first-order valence-corrected chi connectivity index (χ1v) is 12.6. The van der Waals surface area contributed by atoms with Crippen molar-refractivity contribution >= 4 is 17.9 Å². The summed E-state index contributed by atoms with van der Waals surface area (Å²) in [6.45, 7) is 2.72. The molecule has 2 atom stereocenters. The van der Waals surface area contributed by atoms with Gasteiger partial charge in [-0.2, -0.15) is 0 Å². The number of ether oxygens (including phenoxy) is 2. The van der Waals surface area contributed by atoms with Crippen LogP contribution in [0.15, 0.2) is 24.3 Å². The van der Waals surface area contributed by atoms with Crippen molar-refractivity contribution < 1.29 is 17.9 Å². The van der Waals surface area contributed by atoms with E-state index in [2.05, 4.69) is 15.7 Å². The Morgan fingerprint density at radius 1 is 1.17 bits per heavy atom. The van der Waals surface area contributed by atoms with Crippen molar-refractivity contribution in [1.82, 2.24) is 9.62 Å². The second kappa shape index (κ2) is 8.57. The number of hydrogen-bond acceptors (Lipinski definition) is 5. The van der Waals surface area contributed by atoms with E-state index in [-0.39, 0.29) is 23.5 Å². The Morgan fingerprint density at radius 3 is 2.69 bits per heavy atom. The zero-order valence-electron chi connectivity index (χ0n) is 17.2. The zero-order chi connectivity index (χ0) is 20.5. The number of rotatable bonds is 2. The number of para-hydroxylation sites is 1. The summed E-state index contributed by atoms with van der Waals surface area (Å²) < 4.78 is 39.1. The van der Waals surface area contributed by atoms with Gasteiger partial charge in [-0.25, -0.2) is 13.1 Å². The normalized spacial score (nSPS) is 34.0. The van der Waals surface area contributed by atoms with Gasteiger partial charge in [-0.1, -0.05) is 18.2 Å². The molecule has 2 bridgehead atoms. The summed E-state index contributed by atoms with van der Waals surface area (Å²) in [5.74, 6) is 0.869. The first kappa shape index (κ1) is 21.2. The maximum absolute atomic E-state index is 11.9. The lowest BCUT2D eigenvalue weighted by Gasteiger charge is -2.42. The summed E-state index contributed by atoms with van der Waals surface area (Å²) in [6.07, 6.45) is 6.71. The van der Waals surface area contributed by atoms with Crippen LogP contribution >= 0.6 is 0 Å². The molecule has 0 unspecified atom stereocenters. The van der Waals surface area contributed by atoms with Crippen molar-refractivity contribution in [3.63, 3.8) is 0 Å². The Morgan fingerprint density at radius 2 is 1.93 bits per heavy atom. The molecule has 5 rings (SSSR count). The van der Waals surface area contributed by atoms with E-state index in [0.29, 0.717) is 13.2 Å². The van der Waals surface area contributed by atoms with E-state index < -0.39 is 10.0 Å². The zero-order valence-corrected chi connectivity index (χ0v) is 18.0. The molecule has 29 heavy (non-hydrogen) atoms. The predicted octanol–water partition coefficient (Wildman–Crippen LogP) is 1.78. The Hall–Kier alpha value is -1.09. The van der Waals surface area contributed by atoms with Gasteiger partial charge in [-0.3, -0.25) is 4.90 Å². The van der Waals surface area contributed by atoms with E-state index in [1.807, 2.05) is 18.2 Å². The molecule has 6 nitrogen and oxygen atoms in total. The van der Waals surface area contributed by atoms with E-state index in [0.717, 1.165) is 62.9 Å². The van der Waals surface area contributed by atoms with Crippen molar-refractivity contribution in [1.29, 1.82) is 0 Å². The fraction of sp³-hybridized carbons (Fsp3) is 0.714. The topological polar surface area (TPSA) is 67.9 Å². The monoisotopic (exact) mass is 418 g/mol. The number of piperidine rings is 1. The molecule has 3 heterocycles. The Bertz CT molecular complexity index is 811. The molecule has 0 spiro atoms. The number of hydrogen-bond donors (Lipinski definition) is 1. The minimum Gasteiger partial charge on any atom is -0.492 e. The Labute approximate surface area is 175 Å². The lowest BCUT2D eigenvalue weighted by molar-refractivity contribution is -0.0301. The molecule has 1 aliphatic carbocycles. The first-order chi connectivity index (χ1) is 13.8. The summed E-state index contributed by atoms with van der Waals surface area (Å²) in [4.78, 5) is 2.32. The summed E-state index contributed by atoms with van der Waals surface area (Å²) in [5.41, 5.74) is 1.09. The van der Waals surface area contributed by atoms with Crippen molar-refractivity contribution in [3.05, 3.63) is 29.8 Å². The van der Waals surface area contributed by atoms with Gasteiger partial charge in [0.1, 0.15) is 12.4 Å². The molecular weight excluding hydrogens is 387 g/mol. The average molecular weight is 418 g/mol. The highest BCUT2D eigenvalue weighted by Crippen LogP contribution is 2.42. The van der Waals surface area contributed by atoms with Crippen LogP contribution in [0.2, 0.25) is 0 Å². The van der Waals surface area contributed by atoms with Gasteiger partial charge in [0.25, 0.3) is 0 Å². The molecule has 8 heteroatoms. The number of nitrogens with one attached hydrogen (secondary N) is 1. The van der Waals surface area contributed by atoms with Crippen molar-refractivity contribution in [2.45, 2.75) is 62.0 Å². The lowest BCUT2D eigenvalue weighted by atomic mass is 9.56. The van der Waals surface area contributed by atoms with Gasteiger partial charge in [0.15, 0.2) is 0 Å². The first-order valence-electron chi connectivity index (χ1n) is 10.7. The molecule has 1 aromatic rings. The standard InChI is InChI=1S/C21H31BN2O4S/c1-29(25,26)23-18-6-4-12-24-13-14-27-20-7-3-2-5-17(20)21(22)10-8-16(9-11-21)28-15-19(18)24/h2-3,5,7,16,18-19,23H,4,6,8-15H2,1H3/t16?,18-,19-,21?/m0/s1. The van der Waals surface area contributed by atoms with Crippen molar-refractivity contribution in [2.75, 3.05) is 32.6 Å². The Kier molecular flexibility index (Phi) is 6.26. The maximum atomic E-state index is 11.9. The van der Waals surface area contributed by atoms with Crippen LogP contribution in [-0.2, 0) is 20.1 Å². The van der Waals surface area contributed by atoms with Gasteiger partial charge in [-0.05, 0) is 62.0 Å². The lowest BCUT2D eigenvalue weighted by Crippen LogP contribution is -2.58. The Balaban J connectivity index is 1.58. The quantitative estimate of drug-likeness (QED) is 0.742.